The summed E-state index contributed by atoms with van der Waals surface area (Å²) in [6, 6.07) is 3.50. The Morgan fingerprint density at radius 3 is 2.80 bits per heavy atom. The van der Waals surface area contributed by atoms with Crippen molar-refractivity contribution in [3.05, 3.63) is 28.5 Å². The number of rotatable bonds is 3. The second kappa shape index (κ2) is 6.81. The van der Waals surface area contributed by atoms with E-state index < -0.39 is 0 Å². The number of hydrogen-bond donors (Lipinski definition) is 1. The second-order valence-electron chi connectivity index (χ2n) is 4.63. The van der Waals surface area contributed by atoms with Gasteiger partial charge in [-0.3, -0.25) is 9.59 Å². The fourth-order valence-electron chi connectivity index (χ4n) is 2.01. The molecule has 0 saturated carbocycles. The number of halogens is 1. The molecule has 2 heterocycles. The molecule has 2 rings (SSSR count). The van der Waals surface area contributed by atoms with E-state index in [2.05, 4.69) is 26.2 Å². The Balaban J connectivity index is 1.97. The molecule has 1 saturated heterocycles. The number of nitrogens with one attached hydrogen (secondary N) is 1. The van der Waals surface area contributed by atoms with Gasteiger partial charge in [0.1, 0.15) is 5.69 Å². The highest BCUT2D eigenvalue weighted by Gasteiger charge is 2.22. The molecule has 108 valence electrons. The number of nitrogens with zero attached hydrogens (tertiary/aromatic N) is 3. The summed E-state index contributed by atoms with van der Waals surface area (Å²) in [7, 11) is 1.61. The summed E-state index contributed by atoms with van der Waals surface area (Å²) in [5, 5.41) is 3.19. The Morgan fingerprint density at radius 1 is 1.45 bits per heavy atom. The average molecular weight is 341 g/mol. The highest BCUT2D eigenvalue weighted by Crippen LogP contribution is 2.14. The molecule has 6 nitrogen and oxygen atoms in total. The Bertz CT molecular complexity index is 503. The van der Waals surface area contributed by atoms with E-state index in [0.29, 0.717) is 23.3 Å². The third kappa shape index (κ3) is 3.55. The number of likely N-dealkylation sites (N-methyl/N-ethyl adjacent to an activating group) is 1. The molecule has 0 spiro atoms. The SMILES string of the molecule is CN(CC(=O)N1CCNCC1)C(=O)c1ncccc1Br. The fourth-order valence-corrected chi connectivity index (χ4v) is 2.44. The smallest absolute Gasteiger partial charge is 0.273 e. The van der Waals surface area contributed by atoms with Gasteiger partial charge in [-0.1, -0.05) is 0 Å². The quantitative estimate of drug-likeness (QED) is 0.862. The Morgan fingerprint density at radius 2 is 2.15 bits per heavy atom. The molecule has 0 atom stereocenters. The van der Waals surface area contributed by atoms with Crippen LogP contribution in [0.4, 0.5) is 0 Å². The minimum Gasteiger partial charge on any atom is -0.339 e. The van der Waals surface area contributed by atoms with Gasteiger partial charge in [0.15, 0.2) is 0 Å². The number of piperazine rings is 1. The van der Waals surface area contributed by atoms with Crippen molar-refractivity contribution in [3.63, 3.8) is 0 Å². The van der Waals surface area contributed by atoms with Crippen LogP contribution in [-0.4, -0.2) is 66.4 Å². The molecule has 2 amide bonds. The molecular formula is C13H17BrN4O2. The van der Waals surface area contributed by atoms with E-state index in [9.17, 15) is 9.59 Å². The van der Waals surface area contributed by atoms with Crippen molar-refractivity contribution in [2.75, 3.05) is 39.8 Å². The van der Waals surface area contributed by atoms with Crippen molar-refractivity contribution >= 4 is 27.7 Å². The molecule has 7 heteroatoms. The normalized spacial score (nSPS) is 15.0. The van der Waals surface area contributed by atoms with Crippen molar-refractivity contribution in [1.29, 1.82) is 0 Å². The van der Waals surface area contributed by atoms with E-state index in [4.69, 9.17) is 0 Å². The van der Waals surface area contributed by atoms with Crippen molar-refractivity contribution in [1.82, 2.24) is 20.1 Å². The summed E-state index contributed by atoms with van der Waals surface area (Å²) >= 11 is 3.29. The topological polar surface area (TPSA) is 65.5 Å². The zero-order valence-electron chi connectivity index (χ0n) is 11.3. The lowest BCUT2D eigenvalue weighted by Crippen LogP contribution is -2.49. The molecule has 1 aromatic heterocycles. The van der Waals surface area contributed by atoms with Crippen LogP contribution in [-0.2, 0) is 4.79 Å². The largest absolute Gasteiger partial charge is 0.339 e. The molecule has 20 heavy (non-hydrogen) atoms. The van der Waals surface area contributed by atoms with Crippen LogP contribution in [0.15, 0.2) is 22.8 Å². The molecular weight excluding hydrogens is 324 g/mol. The third-order valence-corrected chi connectivity index (χ3v) is 3.79. The van der Waals surface area contributed by atoms with Gasteiger partial charge in [-0.05, 0) is 28.1 Å². The van der Waals surface area contributed by atoms with E-state index in [1.807, 2.05) is 0 Å². The Hall–Kier alpha value is -1.47. The molecule has 0 aliphatic carbocycles. The summed E-state index contributed by atoms with van der Waals surface area (Å²) in [5.41, 5.74) is 0.322. The van der Waals surface area contributed by atoms with Gasteiger partial charge >= 0.3 is 0 Å². The second-order valence-corrected chi connectivity index (χ2v) is 5.48. The van der Waals surface area contributed by atoms with Crippen molar-refractivity contribution in [2.45, 2.75) is 0 Å². The summed E-state index contributed by atoms with van der Waals surface area (Å²) in [4.78, 5) is 31.6. The third-order valence-electron chi connectivity index (χ3n) is 3.15. The fraction of sp³-hybridized carbons (Fsp3) is 0.462. The van der Waals surface area contributed by atoms with Crippen LogP contribution in [0.2, 0.25) is 0 Å². The standard InChI is InChI=1S/C13H17BrN4O2/c1-17(9-11(19)18-7-5-15-6-8-18)13(20)12-10(14)3-2-4-16-12/h2-4,15H,5-9H2,1H3. The summed E-state index contributed by atoms with van der Waals surface area (Å²) in [6.45, 7) is 3.05. The molecule has 0 aromatic carbocycles. The maximum Gasteiger partial charge on any atom is 0.273 e. The minimum absolute atomic E-state index is 0.0330. The van der Waals surface area contributed by atoms with E-state index in [0.717, 1.165) is 13.1 Å². The number of carbonyl (C=O) groups excluding carboxylic acids is 2. The summed E-state index contributed by atoms with van der Waals surface area (Å²) in [6.07, 6.45) is 1.56. The summed E-state index contributed by atoms with van der Waals surface area (Å²) in [5.74, 6) is -0.296. The maximum atomic E-state index is 12.2. The van der Waals surface area contributed by atoms with E-state index >= 15 is 0 Å². The van der Waals surface area contributed by atoms with Gasteiger partial charge in [-0.2, -0.15) is 0 Å². The highest BCUT2D eigenvalue weighted by molar-refractivity contribution is 9.10. The van der Waals surface area contributed by atoms with Gasteiger partial charge in [0, 0.05) is 43.9 Å². The molecule has 1 fully saturated rings. The van der Waals surface area contributed by atoms with Gasteiger partial charge < -0.3 is 15.1 Å². The van der Waals surface area contributed by atoms with Gasteiger partial charge in [-0.25, -0.2) is 4.98 Å². The maximum absolute atomic E-state index is 12.2. The molecule has 0 unspecified atom stereocenters. The Kier molecular flexibility index (Phi) is 5.08. The number of amides is 2. The van der Waals surface area contributed by atoms with Crippen molar-refractivity contribution < 1.29 is 9.59 Å². The first kappa shape index (κ1) is 14.9. The predicted octanol–water partition coefficient (Wildman–Crippen LogP) is 0.348. The van der Waals surface area contributed by atoms with Crippen molar-refractivity contribution in [3.8, 4) is 0 Å². The van der Waals surface area contributed by atoms with Crippen LogP contribution in [0.3, 0.4) is 0 Å². The lowest BCUT2D eigenvalue weighted by atomic mass is 10.3. The van der Waals surface area contributed by atoms with Crippen LogP contribution in [0, 0.1) is 0 Å². The number of carbonyl (C=O) groups is 2. The van der Waals surface area contributed by atoms with E-state index in [1.54, 1.807) is 30.3 Å². The lowest BCUT2D eigenvalue weighted by molar-refractivity contribution is -0.132. The van der Waals surface area contributed by atoms with E-state index in [1.165, 1.54) is 4.90 Å². The van der Waals surface area contributed by atoms with Gasteiger partial charge in [-0.15, -0.1) is 0 Å². The molecule has 0 radical (unpaired) electrons. The van der Waals surface area contributed by atoms with Crippen LogP contribution >= 0.6 is 15.9 Å². The van der Waals surface area contributed by atoms with Crippen LogP contribution in [0.5, 0.6) is 0 Å². The molecule has 0 bridgehead atoms. The zero-order chi connectivity index (χ0) is 14.5. The van der Waals surface area contributed by atoms with Gasteiger partial charge in [0.05, 0.1) is 6.54 Å². The number of hydrogen-bond acceptors (Lipinski definition) is 4. The van der Waals surface area contributed by atoms with Crippen LogP contribution in [0.1, 0.15) is 10.5 Å². The lowest BCUT2D eigenvalue weighted by Gasteiger charge is -2.29. The number of aromatic nitrogens is 1. The predicted molar refractivity (Wildman–Crippen MR) is 78.3 cm³/mol. The van der Waals surface area contributed by atoms with E-state index in [-0.39, 0.29) is 18.4 Å². The zero-order valence-corrected chi connectivity index (χ0v) is 12.9. The van der Waals surface area contributed by atoms with Crippen LogP contribution in [0.25, 0.3) is 0 Å². The Labute approximate surface area is 126 Å². The minimum atomic E-state index is -0.263. The summed E-state index contributed by atoms with van der Waals surface area (Å²) < 4.78 is 0.631. The highest BCUT2D eigenvalue weighted by atomic mass is 79.9. The molecule has 1 N–H and O–H groups in total. The first-order valence-corrected chi connectivity index (χ1v) is 7.23. The van der Waals surface area contributed by atoms with Crippen LogP contribution < -0.4 is 5.32 Å². The number of pyridine rings is 1. The molecule has 1 aliphatic heterocycles. The first-order valence-electron chi connectivity index (χ1n) is 6.44. The molecule has 1 aliphatic rings. The average Bonchev–Trinajstić information content (AvgIpc) is 2.48. The monoisotopic (exact) mass is 340 g/mol. The van der Waals surface area contributed by atoms with Gasteiger partial charge in [0.2, 0.25) is 5.91 Å². The molecule has 1 aromatic rings. The van der Waals surface area contributed by atoms with Crippen molar-refractivity contribution in [2.24, 2.45) is 0 Å². The van der Waals surface area contributed by atoms with Gasteiger partial charge in [0.25, 0.3) is 5.91 Å². The first-order chi connectivity index (χ1) is 9.59.